The lowest BCUT2D eigenvalue weighted by Crippen LogP contribution is -2.33. The molecule has 96 valence electrons. The maximum Gasteiger partial charge on any atom is 0.142 e. The molecule has 0 radical (unpaired) electrons. The monoisotopic (exact) mass is 245 g/mol. The van der Waals surface area contributed by atoms with E-state index < -0.39 is 0 Å². The van der Waals surface area contributed by atoms with Crippen LogP contribution in [0.4, 0.5) is 5.82 Å². The number of aliphatic hydroxyl groups excluding tert-OH is 1. The zero-order valence-electron chi connectivity index (χ0n) is 10.9. The van der Waals surface area contributed by atoms with Gasteiger partial charge in [0.15, 0.2) is 0 Å². The number of hydrogen-bond donors (Lipinski definition) is 1. The summed E-state index contributed by atoms with van der Waals surface area (Å²) in [6.07, 6.45) is 1.31. The molecule has 0 saturated carbocycles. The van der Waals surface area contributed by atoms with Gasteiger partial charge in [-0.05, 0) is 30.4 Å². The first-order valence-electron chi connectivity index (χ1n) is 6.30. The Labute approximate surface area is 108 Å². The van der Waals surface area contributed by atoms with Crippen LogP contribution < -0.4 is 4.90 Å². The molecule has 0 aromatic carbocycles. The zero-order chi connectivity index (χ0) is 13.2. The van der Waals surface area contributed by atoms with Gasteiger partial charge < -0.3 is 10.0 Å². The first-order valence-corrected chi connectivity index (χ1v) is 6.30. The highest BCUT2D eigenvalue weighted by Gasteiger charge is 2.29. The maximum absolute atomic E-state index is 9.89. The van der Waals surface area contributed by atoms with Gasteiger partial charge in [0.1, 0.15) is 17.6 Å². The van der Waals surface area contributed by atoms with E-state index in [9.17, 15) is 5.11 Å². The number of aliphatic hydroxyl groups is 1. The Morgan fingerprint density at radius 2 is 2.28 bits per heavy atom. The van der Waals surface area contributed by atoms with Crippen molar-refractivity contribution in [3.05, 3.63) is 23.9 Å². The SMILES string of the molecule is CC1(C)C[C@@H](O)CCN(c2cccc(C#N)n2)C1. The average molecular weight is 245 g/mol. The summed E-state index contributed by atoms with van der Waals surface area (Å²) >= 11 is 0. The molecule has 1 aliphatic rings. The van der Waals surface area contributed by atoms with Gasteiger partial charge in [-0.15, -0.1) is 0 Å². The largest absolute Gasteiger partial charge is 0.393 e. The van der Waals surface area contributed by atoms with Crippen LogP contribution in [0.2, 0.25) is 0 Å². The second-order valence-corrected chi connectivity index (χ2v) is 5.73. The summed E-state index contributed by atoms with van der Waals surface area (Å²) in [5.41, 5.74) is 0.496. The van der Waals surface area contributed by atoms with E-state index in [1.807, 2.05) is 12.1 Å². The number of hydrogen-bond acceptors (Lipinski definition) is 4. The molecule has 0 amide bonds. The fourth-order valence-electron chi connectivity index (χ4n) is 2.56. The average Bonchev–Trinajstić information content (AvgIpc) is 2.47. The predicted molar refractivity (Wildman–Crippen MR) is 70.2 cm³/mol. The normalized spacial score (nSPS) is 23.2. The maximum atomic E-state index is 9.89. The molecule has 1 N–H and O–H groups in total. The minimum Gasteiger partial charge on any atom is -0.393 e. The molecule has 1 saturated heterocycles. The summed E-state index contributed by atoms with van der Waals surface area (Å²) in [6, 6.07) is 7.56. The third-order valence-corrected chi connectivity index (χ3v) is 3.31. The van der Waals surface area contributed by atoms with Crippen LogP contribution in [0.15, 0.2) is 18.2 Å². The van der Waals surface area contributed by atoms with E-state index in [4.69, 9.17) is 5.26 Å². The van der Waals surface area contributed by atoms with Crippen molar-refractivity contribution in [3.8, 4) is 6.07 Å². The number of nitrogens with zero attached hydrogens (tertiary/aromatic N) is 3. The molecule has 4 nitrogen and oxygen atoms in total. The molecule has 18 heavy (non-hydrogen) atoms. The minimum absolute atomic E-state index is 0.0558. The summed E-state index contributed by atoms with van der Waals surface area (Å²) in [5, 5.41) is 18.8. The molecule has 0 unspecified atom stereocenters. The minimum atomic E-state index is -0.246. The van der Waals surface area contributed by atoms with Gasteiger partial charge in [0.05, 0.1) is 6.10 Å². The standard InChI is InChI=1S/C14H19N3O/c1-14(2)8-12(18)6-7-17(10-14)13-5-3-4-11(9-15)16-13/h3-5,12,18H,6-8,10H2,1-2H3/t12-/m0/s1. The molecule has 1 atom stereocenters. The van der Waals surface area contributed by atoms with Crippen LogP contribution in [0.3, 0.4) is 0 Å². The van der Waals surface area contributed by atoms with E-state index in [1.165, 1.54) is 0 Å². The van der Waals surface area contributed by atoms with Gasteiger partial charge >= 0.3 is 0 Å². The number of nitriles is 1. The van der Waals surface area contributed by atoms with Gasteiger partial charge in [-0.2, -0.15) is 5.26 Å². The Kier molecular flexibility index (Phi) is 3.53. The van der Waals surface area contributed by atoms with Crippen LogP contribution >= 0.6 is 0 Å². The predicted octanol–water partition coefficient (Wildman–Crippen LogP) is 1.94. The summed E-state index contributed by atoms with van der Waals surface area (Å²) < 4.78 is 0. The van der Waals surface area contributed by atoms with Crippen molar-refractivity contribution >= 4 is 5.82 Å². The summed E-state index contributed by atoms with van der Waals surface area (Å²) in [7, 11) is 0. The van der Waals surface area contributed by atoms with E-state index in [2.05, 4.69) is 29.8 Å². The Bertz CT molecular complexity index is 464. The van der Waals surface area contributed by atoms with E-state index in [0.717, 1.165) is 31.7 Å². The van der Waals surface area contributed by atoms with Crippen LogP contribution in [0.25, 0.3) is 0 Å². The molecule has 4 heteroatoms. The summed E-state index contributed by atoms with van der Waals surface area (Å²) in [6.45, 7) is 5.95. The second kappa shape index (κ2) is 4.95. The lowest BCUT2D eigenvalue weighted by atomic mass is 9.87. The smallest absolute Gasteiger partial charge is 0.142 e. The summed E-state index contributed by atoms with van der Waals surface area (Å²) in [4.78, 5) is 6.49. The van der Waals surface area contributed by atoms with Crippen molar-refractivity contribution in [1.82, 2.24) is 4.98 Å². The molecule has 1 aliphatic heterocycles. The van der Waals surface area contributed by atoms with Gasteiger partial charge in [-0.25, -0.2) is 4.98 Å². The zero-order valence-corrected chi connectivity index (χ0v) is 10.9. The van der Waals surface area contributed by atoms with E-state index in [1.54, 1.807) is 6.07 Å². The quantitative estimate of drug-likeness (QED) is 0.821. The van der Waals surface area contributed by atoms with Crippen molar-refractivity contribution in [2.24, 2.45) is 5.41 Å². The topological polar surface area (TPSA) is 60.1 Å². The Hall–Kier alpha value is -1.60. The van der Waals surface area contributed by atoms with E-state index in [0.29, 0.717) is 5.69 Å². The van der Waals surface area contributed by atoms with Gasteiger partial charge in [-0.3, -0.25) is 0 Å². The second-order valence-electron chi connectivity index (χ2n) is 5.73. The molecule has 2 rings (SSSR count). The van der Waals surface area contributed by atoms with Crippen LogP contribution in [0, 0.1) is 16.7 Å². The fraction of sp³-hybridized carbons (Fsp3) is 0.571. The highest BCUT2D eigenvalue weighted by atomic mass is 16.3. The van der Waals surface area contributed by atoms with Crippen LogP contribution in [0.5, 0.6) is 0 Å². The molecule has 1 fully saturated rings. The molecule has 1 aromatic heterocycles. The van der Waals surface area contributed by atoms with Gasteiger partial charge in [-0.1, -0.05) is 19.9 Å². The van der Waals surface area contributed by atoms with Gasteiger partial charge in [0.2, 0.25) is 0 Å². The van der Waals surface area contributed by atoms with Gasteiger partial charge in [0, 0.05) is 13.1 Å². The molecule has 0 spiro atoms. The number of pyridine rings is 1. The van der Waals surface area contributed by atoms with E-state index in [-0.39, 0.29) is 11.5 Å². The van der Waals surface area contributed by atoms with Crippen LogP contribution in [-0.4, -0.2) is 29.3 Å². The molecule has 2 heterocycles. The van der Waals surface area contributed by atoms with Crippen LogP contribution in [-0.2, 0) is 0 Å². The third kappa shape index (κ3) is 2.99. The first kappa shape index (κ1) is 12.8. The fourth-order valence-corrected chi connectivity index (χ4v) is 2.56. The Balaban J connectivity index is 2.24. The first-order chi connectivity index (χ1) is 8.50. The molecular formula is C14H19N3O. The molecule has 1 aromatic rings. The lowest BCUT2D eigenvalue weighted by molar-refractivity contribution is 0.123. The third-order valence-electron chi connectivity index (χ3n) is 3.31. The van der Waals surface area contributed by atoms with Crippen molar-refractivity contribution in [2.45, 2.75) is 32.8 Å². The summed E-state index contributed by atoms with van der Waals surface area (Å²) in [5.74, 6) is 0.830. The lowest BCUT2D eigenvalue weighted by Gasteiger charge is -2.30. The van der Waals surface area contributed by atoms with Crippen molar-refractivity contribution in [1.29, 1.82) is 5.26 Å². The van der Waals surface area contributed by atoms with Crippen molar-refractivity contribution < 1.29 is 5.11 Å². The highest BCUT2D eigenvalue weighted by molar-refractivity contribution is 5.42. The number of aromatic nitrogens is 1. The van der Waals surface area contributed by atoms with E-state index >= 15 is 0 Å². The molecule has 0 bridgehead atoms. The molecule has 0 aliphatic carbocycles. The van der Waals surface area contributed by atoms with Gasteiger partial charge in [0.25, 0.3) is 0 Å². The van der Waals surface area contributed by atoms with Crippen molar-refractivity contribution in [2.75, 3.05) is 18.0 Å². The number of rotatable bonds is 1. The van der Waals surface area contributed by atoms with Crippen LogP contribution in [0.1, 0.15) is 32.4 Å². The highest BCUT2D eigenvalue weighted by Crippen LogP contribution is 2.30. The van der Waals surface area contributed by atoms with Crippen molar-refractivity contribution in [3.63, 3.8) is 0 Å². The Morgan fingerprint density at radius 3 is 3.00 bits per heavy atom. The number of anilines is 1. The Morgan fingerprint density at radius 1 is 1.50 bits per heavy atom. The molecular weight excluding hydrogens is 226 g/mol.